The van der Waals surface area contributed by atoms with Gasteiger partial charge in [0.15, 0.2) is 5.82 Å². The molecule has 0 aromatic carbocycles. The fourth-order valence-corrected chi connectivity index (χ4v) is 5.44. The molecule has 2 unspecified atom stereocenters. The molecule has 1 saturated carbocycles. The average molecular weight is 421 g/mol. The second-order valence-electron chi connectivity index (χ2n) is 9.13. The molecule has 1 aliphatic heterocycles. The van der Waals surface area contributed by atoms with E-state index in [0.29, 0.717) is 11.8 Å². The zero-order valence-electron chi connectivity index (χ0n) is 18.8. The van der Waals surface area contributed by atoms with E-state index in [1.165, 1.54) is 42.5 Å². The van der Waals surface area contributed by atoms with E-state index in [1.54, 1.807) is 0 Å². The van der Waals surface area contributed by atoms with Crippen LogP contribution < -0.4 is 0 Å². The van der Waals surface area contributed by atoms with E-state index >= 15 is 0 Å². The highest BCUT2D eigenvalue weighted by molar-refractivity contribution is 5.27. The van der Waals surface area contributed by atoms with E-state index in [9.17, 15) is 0 Å². The van der Waals surface area contributed by atoms with Crippen molar-refractivity contribution in [3.8, 4) is 0 Å². The molecule has 0 spiro atoms. The first-order valence-corrected chi connectivity index (χ1v) is 11.6. The number of pyridine rings is 1. The Morgan fingerprint density at radius 1 is 1.13 bits per heavy atom. The molecule has 1 aliphatic carbocycles. The molecular weight excluding hydrogens is 388 g/mol. The fraction of sp³-hybridized carbons (Fsp3) is 0.583. The third kappa shape index (κ3) is 3.91. The maximum atomic E-state index is 5.86. The van der Waals surface area contributed by atoms with Crippen molar-refractivity contribution in [1.82, 2.24) is 29.8 Å². The Morgan fingerprint density at radius 2 is 1.94 bits per heavy atom. The molecular formula is C24H32N6O. The summed E-state index contributed by atoms with van der Waals surface area (Å²) in [4.78, 5) is 11.8. The minimum atomic E-state index is 0.189. The van der Waals surface area contributed by atoms with E-state index in [0.717, 1.165) is 43.6 Å². The first-order valence-electron chi connectivity index (χ1n) is 11.6. The highest BCUT2D eigenvalue weighted by Gasteiger charge is 2.39. The van der Waals surface area contributed by atoms with Crippen LogP contribution in [0, 0.1) is 13.8 Å². The van der Waals surface area contributed by atoms with Crippen LogP contribution in [0.4, 0.5) is 0 Å². The van der Waals surface area contributed by atoms with Gasteiger partial charge in [0.1, 0.15) is 0 Å². The molecule has 0 bridgehead atoms. The van der Waals surface area contributed by atoms with Crippen LogP contribution in [0.2, 0.25) is 0 Å². The molecule has 164 valence electrons. The lowest BCUT2D eigenvalue weighted by Gasteiger charge is -2.16. The summed E-state index contributed by atoms with van der Waals surface area (Å²) < 4.78 is 7.96. The molecule has 3 aromatic heterocycles. The van der Waals surface area contributed by atoms with Crippen LogP contribution in [0.3, 0.4) is 0 Å². The Labute approximate surface area is 183 Å². The van der Waals surface area contributed by atoms with Crippen molar-refractivity contribution in [1.29, 1.82) is 0 Å². The van der Waals surface area contributed by atoms with Gasteiger partial charge in [-0.3, -0.25) is 14.6 Å². The molecule has 5 rings (SSSR count). The number of aromatic nitrogens is 5. The van der Waals surface area contributed by atoms with Crippen molar-refractivity contribution in [2.45, 2.75) is 77.3 Å². The molecule has 2 aliphatic rings. The molecule has 1 saturated heterocycles. The van der Waals surface area contributed by atoms with Crippen molar-refractivity contribution < 1.29 is 4.52 Å². The van der Waals surface area contributed by atoms with E-state index < -0.39 is 0 Å². The van der Waals surface area contributed by atoms with Crippen molar-refractivity contribution in [2.24, 2.45) is 0 Å². The van der Waals surface area contributed by atoms with Crippen LogP contribution in [-0.2, 0) is 13.1 Å². The van der Waals surface area contributed by atoms with Crippen LogP contribution in [-0.4, -0.2) is 42.9 Å². The number of hydrogen-bond acceptors (Lipinski definition) is 6. The Kier molecular flexibility index (Phi) is 5.61. The van der Waals surface area contributed by atoms with Crippen LogP contribution in [0.5, 0.6) is 0 Å². The Bertz CT molecular complexity index is 1020. The lowest BCUT2D eigenvalue weighted by atomic mass is 9.90. The predicted molar refractivity (Wildman–Crippen MR) is 118 cm³/mol. The molecule has 0 radical (unpaired) electrons. The van der Waals surface area contributed by atoms with Gasteiger partial charge in [-0.15, -0.1) is 0 Å². The van der Waals surface area contributed by atoms with Gasteiger partial charge in [0.2, 0.25) is 5.89 Å². The topological polar surface area (TPSA) is 72.9 Å². The van der Waals surface area contributed by atoms with Crippen LogP contribution in [0.15, 0.2) is 29.0 Å². The molecule has 0 amide bonds. The third-order valence-electron chi connectivity index (χ3n) is 7.22. The van der Waals surface area contributed by atoms with Gasteiger partial charge in [-0.1, -0.05) is 24.1 Å². The minimum absolute atomic E-state index is 0.189. The predicted octanol–water partition coefficient (Wildman–Crippen LogP) is 4.34. The minimum Gasteiger partial charge on any atom is -0.339 e. The first kappa shape index (κ1) is 20.4. The van der Waals surface area contributed by atoms with E-state index in [4.69, 9.17) is 14.6 Å². The number of hydrogen-bond donors (Lipinski definition) is 0. The highest BCUT2D eigenvalue weighted by atomic mass is 16.5. The molecule has 2 fully saturated rings. The SMILES string of the molecule is CCn1nc(C)c(CN2CC(c3cccnc3)C(c3nc(C4CCCC4)no3)C2)c1C. The van der Waals surface area contributed by atoms with Crippen molar-refractivity contribution in [3.63, 3.8) is 0 Å². The fourth-order valence-electron chi connectivity index (χ4n) is 5.44. The molecule has 4 heterocycles. The summed E-state index contributed by atoms with van der Waals surface area (Å²) in [5.74, 6) is 2.65. The maximum Gasteiger partial charge on any atom is 0.231 e. The normalized spacial score (nSPS) is 22.5. The molecule has 0 N–H and O–H groups in total. The summed E-state index contributed by atoms with van der Waals surface area (Å²) in [6, 6.07) is 4.19. The zero-order chi connectivity index (χ0) is 21.4. The molecule has 2 atom stereocenters. The van der Waals surface area contributed by atoms with Gasteiger partial charge in [-0.2, -0.15) is 10.1 Å². The standard InChI is InChI=1S/C24H32N6O/c1-4-30-17(3)20(16(2)27-30)13-29-14-21(19-10-7-11-25-12-19)22(15-29)24-26-23(28-31-24)18-8-5-6-9-18/h7,10-12,18,21-22H,4-6,8-9,13-15H2,1-3H3. The second kappa shape index (κ2) is 8.54. The summed E-state index contributed by atoms with van der Waals surface area (Å²) in [5, 5.41) is 9.10. The summed E-state index contributed by atoms with van der Waals surface area (Å²) >= 11 is 0. The largest absolute Gasteiger partial charge is 0.339 e. The second-order valence-corrected chi connectivity index (χ2v) is 9.13. The number of aryl methyl sites for hydroxylation is 2. The van der Waals surface area contributed by atoms with E-state index in [2.05, 4.69) is 46.6 Å². The Hall–Kier alpha value is -2.54. The maximum absolute atomic E-state index is 5.86. The molecule has 31 heavy (non-hydrogen) atoms. The van der Waals surface area contributed by atoms with Crippen LogP contribution in [0.1, 0.15) is 84.6 Å². The van der Waals surface area contributed by atoms with Crippen molar-refractivity contribution in [2.75, 3.05) is 13.1 Å². The summed E-state index contributed by atoms with van der Waals surface area (Å²) in [6.07, 6.45) is 8.73. The third-order valence-corrected chi connectivity index (χ3v) is 7.22. The van der Waals surface area contributed by atoms with Gasteiger partial charge in [0.05, 0.1) is 11.6 Å². The zero-order valence-corrected chi connectivity index (χ0v) is 18.8. The van der Waals surface area contributed by atoms with Gasteiger partial charge in [-0.05, 0) is 45.2 Å². The van der Waals surface area contributed by atoms with Crippen LogP contribution in [0.25, 0.3) is 0 Å². The van der Waals surface area contributed by atoms with Crippen molar-refractivity contribution in [3.05, 3.63) is 58.8 Å². The van der Waals surface area contributed by atoms with E-state index in [1.807, 2.05) is 18.5 Å². The monoisotopic (exact) mass is 420 g/mol. The lowest BCUT2D eigenvalue weighted by Crippen LogP contribution is -2.21. The Morgan fingerprint density at radius 3 is 2.65 bits per heavy atom. The highest BCUT2D eigenvalue weighted by Crippen LogP contribution is 2.41. The average Bonchev–Trinajstić information content (AvgIpc) is 3.57. The van der Waals surface area contributed by atoms with Gasteiger partial charge in [-0.25, -0.2) is 0 Å². The quantitative estimate of drug-likeness (QED) is 0.591. The first-order chi connectivity index (χ1) is 15.1. The summed E-state index contributed by atoms with van der Waals surface area (Å²) in [5.41, 5.74) is 4.97. The van der Waals surface area contributed by atoms with E-state index in [-0.39, 0.29) is 5.92 Å². The summed E-state index contributed by atoms with van der Waals surface area (Å²) in [7, 11) is 0. The molecule has 3 aromatic rings. The van der Waals surface area contributed by atoms with Gasteiger partial charge >= 0.3 is 0 Å². The van der Waals surface area contributed by atoms with Gasteiger partial charge in [0, 0.05) is 61.7 Å². The smallest absolute Gasteiger partial charge is 0.231 e. The van der Waals surface area contributed by atoms with Gasteiger partial charge < -0.3 is 4.52 Å². The number of nitrogens with zero attached hydrogens (tertiary/aromatic N) is 6. The van der Waals surface area contributed by atoms with Crippen molar-refractivity contribution >= 4 is 0 Å². The lowest BCUT2D eigenvalue weighted by molar-refractivity contribution is 0.307. The van der Waals surface area contributed by atoms with Crippen LogP contribution >= 0.6 is 0 Å². The molecule has 7 nitrogen and oxygen atoms in total. The molecule has 7 heteroatoms. The summed E-state index contributed by atoms with van der Waals surface area (Å²) in [6.45, 7) is 10.1. The number of likely N-dealkylation sites (tertiary alicyclic amines) is 1. The Balaban J connectivity index is 1.41. The van der Waals surface area contributed by atoms with Gasteiger partial charge in [0.25, 0.3) is 0 Å². The number of rotatable bonds is 6.